The zero-order valence-corrected chi connectivity index (χ0v) is 7.46. The normalized spacial score (nSPS) is 10.3. The summed E-state index contributed by atoms with van der Waals surface area (Å²) in [5, 5.41) is 0. The number of benzene rings is 1. The summed E-state index contributed by atoms with van der Waals surface area (Å²) in [5.41, 5.74) is 5.26. The van der Waals surface area contributed by atoms with Crippen molar-refractivity contribution in [1.29, 1.82) is 0 Å². The number of nitrogen functional groups attached to an aromatic ring is 1. The van der Waals surface area contributed by atoms with Crippen LogP contribution in [0.3, 0.4) is 0 Å². The van der Waals surface area contributed by atoms with E-state index < -0.39 is 12.4 Å². The van der Waals surface area contributed by atoms with Crippen molar-refractivity contribution in [2.45, 2.75) is 6.43 Å². The molecule has 0 aliphatic heterocycles. The lowest BCUT2D eigenvalue weighted by Crippen LogP contribution is -2.06. The van der Waals surface area contributed by atoms with Crippen LogP contribution in [-0.2, 0) is 4.74 Å². The number of hydrogen-bond donors (Lipinski definition) is 1. The number of anilines is 1. The SMILES string of the molecule is COC(=O)c1cc(C(F)F)ccc1N. The maximum atomic E-state index is 12.3. The van der Waals surface area contributed by atoms with Crippen LogP contribution in [0.2, 0.25) is 0 Å². The van der Waals surface area contributed by atoms with E-state index in [9.17, 15) is 13.6 Å². The molecule has 0 aliphatic carbocycles. The zero-order valence-electron chi connectivity index (χ0n) is 7.46. The second-order valence-corrected chi connectivity index (χ2v) is 2.64. The number of ether oxygens (including phenoxy) is 1. The fourth-order valence-corrected chi connectivity index (χ4v) is 0.996. The summed E-state index contributed by atoms with van der Waals surface area (Å²) in [5.74, 6) is -0.718. The Morgan fingerprint density at radius 1 is 1.50 bits per heavy atom. The van der Waals surface area contributed by atoms with E-state index in [1.807, 2.05) is 0 Å². The summed E-state index contributed by atoms with van der Waals surface area (Å²) in [6.07, 6.45) is -2.63. The molecule has 0 fully saturated rings. The number of nitrogens with two attached hydrogens (primary N) is 1. The average molecular weight is 201 g/mol. The molecule has 76 valence electrons. The van der Waals surface area contributed by atoms with Gasteiger partial charge in [-0.05, 0) is 12.1 Å². The van der Waals surface area contributed by atoms with E-state index in [0.29, 0.717) is 0 Å². The van der Waals surface area contributed by atoms with E-state index in [4.69, 9.17) is 5.73 Å². The minimum atomic E-state index is -2.63. The number of halogens is 2. The molecule has 0 aliphatic rings. The minimum Gasteiger partial charge on any atom is -0.465 e. The summed E-state index contributed by atoms with van der Waals surface area (Å²) < 4.78 is 28.9. The van der Waals surface area contributed by atoms with Gasteiger partial charge in [0.05, 0.1) is 12.7 Å². The van der Waals surface area contributed by atoms with Gasteiger partial charge in [-0.15, -0.1) is 0 Å². The van der Waals surface area contributed by atoms with Gasteiger partial charge in [0.25, 0.3) is 6.43 Å². The van der Waals surface area contributed by atoms with Crippen molar-refractivity contribution in [2.75, 3.05) is 12.8 Å². The van der Waals surface area contributed by atoms with E-state index in [1.54, 1.807) is 0 Å². The standard InChI is InChI=1S/C9H9F2NO2/c1-14-9(13)6-4-5(8(10)11)2-3-7(6)12/h2-4,8H,12H2,1H3. The Balaban J connectivity index is 3.15. The van der Waals surface area contributed by atoms with Gasteiger partial charge in [0.15, 0.2) is 0 Å². The Labute approximate surface area is 79.5 Å². The van der Waals surface area contributed by atoms with Crippen molar-refractivity contribution >= 4 is 11.7 Å². The molecule has 1 aromatic rings. The summed E-state index contributed by atoms with van der Waals surface area (Å²) >= 11 is 0. The lowest BCUT2D eigenvalue weighted by molar-refractivity contribution is 0.0601. The van der Waals surface area contributed by atoms with Crippen LogP contribution in [0.5, 0.6) is 0 Å². The maximum Gasteiger partial charge on any atom is 0.339 e. The molecule has 0 saturated heterocycles. The lowest BCUT2D eigenvalue weighted by Gasteiger charge is -2.05. The van der Waals surface area contributed by atoms with Crippen LogP contribution in [0.25, 0.3) is 0 Å². The summed E-state index contributed by atoms with van der Waals surface area (Å²) in [6, 6.07) is 3.46. The number of esters is 1. The number of rotatable bonds is 2. The number of hydrogen-bond acceptors (Lipinski definition) is 3. The predicted octanol–water partition coefficient (Wildman–Crippen LogP) is 1.99. The van der Waals surface area contributed by atoms with Crippen molar-refractivity contribution < 1.29 is 18.3 Å². The Bertz CT molecular complexity index is 353. The van der Waals surface area contributed by atoms with E-state index in [0.717, 1.165) is 13.2 Å². The van der Waals surface area contributed by atoms with Crippen LogP contribution in [0.15, 0.2) is 18.2 Å². The average Bonchev–Trinajstić information content (AvgIpc) is 2.17. The molecule has 0 radical (unpaired) electrons. The first kappa shape index (κ1) is 10.4. The van der Waals surface area contributed by atoms with Gasteiger partial charge in [0.2, 0.25) is 0 Å². The molecule has 0 atom stereocenters. The van der Waals surface area contributed by atoms with Crippen LogP contribution >= 0.6 is 0 Å². The smallest absolute Gasteiger partial charge is 0.339 e. The highest BCUT2D eigenvalue weighted by Gasteiger charge is 2.14. The Hall–Kier alpha value is -1.65. The molecule has 3 nitrogen and oxygen atoms in total. The second kappa shape index (κ2) is 4.04. The molecule has 0 bridgehead atoms. The van der Waals surface area contributed by atoms with E-state index >= 15 is 0 Å². The fraction of sp³-hybridized carbons (Fsp3) is 0.222. The molecule has 0 saturated carbocycles. The highest BCUT2D eigenvalue weighted by molar-refractivity contribution is 5.95. The Kier molecular flexibility index (Phi) is 3.01. The second-order valence-electron chi connectivity index (χ2n) is 2.64. The Morgan fingerprint density at radius 3 is 2.64 bits per heavy atom. The third-order valence-electron chi connectivity index (χ3n) is 1.73. The van der Waals surface area contributed by atoms with Gasteiger partial charge in [0.1, 0.15) is 0 Å². The molecule has 0 aromatic heterocycles. The van der Waals surface area contributed by atoms with Crippen LogP contribution in [0.1, 0.15) is 22.3 Å². The van der Waals surface area contributed by atoms with Crippen molar-refractivity contribution in [3.8, 4) is 0 Å². The molecule has 1 aromatic carbocycles. The van der Waals surface area contributed by atoms with Gasteiger partial charge < -0.3 is 10.5 Å². The number of methoxy groups -OCH3 is 1. The monoisotopic (exact) mass is 201 g/mol. The number of carbonyl (C=O) groups is 1. The van der Waals surface area contributed by atoms with Crippen LogP contribution in [0.4, 0.5) is 14.5 Å². The third-order valence-corrected chi connectivity index (χ3v) is 1.73. The van der Waals surface area contributed by atoms with E-state index in [2.05, 4.69) is 4.74 Å². The van der Waals surface area contributed by atoms with Gasteiger partial charge in [0, 0.05) is 11.3 Å². The van der Waals surface area contributed by atoms with Crippen LogP contribution < -0.4 is 5.73 Å². The highest BCUT2D eigenvalue weighted by atomic mass is 19.3. The van der Waals surface area contributed by atoms with Gasteiger partial charge in [-0.2, -0.15) is 0 Å². The van der Waals surface area contributed by atoms with Gasteiger partial charge in [-0.25, -0.2) is 13.6 Å². The van der Waals surface area contributed by atoms with Gasteiger partial charge >= 0.3 is 5.97 Å². The van der Waals surface area contributed by atoms with Crippen molar-refractivity contribution in [3.05, 3.63) is 29.3 Å². The topological polar surface area (TPSA) is 52.3 Å². The van der Waals surface area contributed by atoms with E-state index in [-0.39, 0.29) is 16.8 Å². The molecule has 0 amide bonds. The largest absolute Gasteiger partial charge is 0.465 e. The van der Waals surface area contributed by atoms with Crippen LogP contribution in [0, 0.1) is 0 Å². The predicted molar refractivity (Wildman–Crippen MR) is 47.2 cm³/mol. The fourth-order valence-electron chi connectivity index (χ4n) is 0.996. The minimum absolute atomic E-state index is 0.0368. The molecule has 14 heavy (non-hydrogen) atoms. The number of carbonyl (C=O) groups excluding carboxylic acids is 1. The van der Waals surface area contributed by atoms with E-state index in [1.165, 1.54) is 12.1 Å². The molecule has 5 heteroatoms. The summed E-state index contributed by atoms with van der Waals surface area (Å²) in [7, 11) is 1.16. The molecule has 1 rings (SSSR count). The quantitative estimate of drug-likeness (QED) is 0.588. The highest BCUT2D eigenvalue weighted by Crippen LogP contribution is 2.23. The van der Waals surface area contributed by atoms with Crippen molar-refractivity contribution in [1.82, 2.24) is 0 Å². The molecule has 0 spiro atoms. The van der Waals surface area contributed by atoms with Crippen molar-refractivity contribution in [2.24, 2.45) is 0 Å². The maximum absolute atomic E-state index is 12.3. The van der Waals surface area contributed by atoms with Gasteiger partial charge in [-0.1, -0.05) is 6.07 Å². The molecule has 2 N–H and O–H groups in total. The first-order chi connectivity index (χ1) is 6.56. The zero-order chi connectivity index (χ0) is 10.7. The first-order valence-corrected chi connectivity index (χ1v) is 3.82. The third kappa shape index (κ3) is 1.99. The molecular formula is C9H9F2NO2. The number of alkyl halides is 2. The molecule has 0 heterocycles. The van der Waals surface area contributed by atoms with Crippen LogP contribution in [-0.4, -0.2) is 13.1 Å². The molecular weight excluding hydrogens is 192 g/mol. The summed E-state index contributed by atoms with van der Waals surface area (Å²) in [4.78, 5) is 11.1. The Morgan fingerprint density at radius 2 is 2.14 bits per heavy atom. The van der Waals surface area contributed by atoms with Crippen molar-refractivity contribution in [3.63, 3.8) is 0 Å². The van der Waals surface area contributed by atoms with Gasteiger partial charge in [-0.3, -0.25) is 0 Å². The molecule has 0 unspecified atom stereocenters. The lowest BCUT2D eigenvalue weighted by atomic mass is 10.1. The summed E-state index contributed by atoms with van der Waals surface area (Å²) in [6.45, 7) is 0. The first-order valence-electron chi connectivity index (χ1n) is 3.82.